The fourth-order valence-electron chi connectivity index (χ4n) is 4.23. The molecule has 0 spiro atoms. The molecule has 0 bridgehead atoms. The quantitative estimate of drug-likeness (QED) is 0.619. The number of aliphatic hydroxyl groups excluding tert-OH is 1. The SMILES string of the molecule is CC(C)(C)N1CCNCC1.CC(C)(C)N1CC[C@H](O)C1.C[C@@H]1CCN(C(C)(C)C)C1. The number of aliphatic hydroxyl groups is 1. The van der Waals surface area contributed by atoms with Crippen LogP contribution < -0.4 is 5.32 Å². The Morgan fingerprint density at radius 2 is 1.07 bits per heavy atom. The van der Waals surface area contributed by atoms with Crippen molar-refractivity contribution in [3.63, 3.8) is 0 Å². The first-order valence-electron chi connectivity index (χ1n) is 12.2. The lowest BCUT2D eigenvalue weighted by molar-refractivity contribution is 0.119. The van der Waals surface area contributed by atoms with Crippen LogP contribution in [0.25, 0.3) is 0 Å². The molecule has 0 unspecified atom stereocenters. The molecular formula is C25H54N4O. The number of rotatable bonds is 0. The van der Waals surface area contributed by atoms with E-state index in [1.807, 2.05) is 0 Å². The molecule has 0 aromatic carbocycles. The van der Waals surface area contributed by atoms with Crippen molar-refractivity contribution >= 4 is 0 Å². The maximum absolute atomic E-state index is 9.22. The van der Waals surface area contributed by atoms with Gasteiger partial charge in [-0.2, -0.15) is 0 Å². The normalized spacial score (nSPS) is 27.3. The Kier molecular flexibility index (Phi) is 10.8. The summed E-state index contributed by atoms with van der Waals surface area (Å²) in [7, 11) is 0. The molecule has 3 saturated heterocycles. The van der Waals surface area contributed by atoms with Crippen molar-refractivity contribution in [3.8, 4) is 0 Å². The molecule has 3 fully saturated rings. The highest BCUT2D eigenvalue weighted by atomic mass is 16.3. The van der Waals surface area contributed by atoms with Crippen LogP contribution in [-0.2, 0) is 0 Å². The summed E-state index contributed by atoms with van der Waals surface area (Å²) < 4.78 is 0. The van der Waals surface area contributed by atoms with Gasteiger partial charge < -0.3 is 10.4 Å². The van der Waals surface area contributed by atoms with Gasteiger partial charge in [0.15, 0.2) is 0 Å². The summed E-state index contributed by atoms with van der Waals surface area (Å²) in [5.41, 5.74) is 0.990. The van der Waals surface area contributed by atoms with Gasteiger partial charge in [-0.25, -0.2) is 0 Å². The van der Waals surface area contributed by atoms with E-state index < -0.39 is 0 Å². The second-order valence-corrected chi connectivity index (χ2v) is 12.5. The van der Waals surface area contributed by atoms with Gasteiger partial charge in [0, 0.05) is 62.4 Å². The minimum atomic E-state index is -0.0841. The van der Waals surface area contributed by atoms with Crippen LogP contribution in [0.1, 0.15) is 82.1 Å². The van der Waals surface area contributed by atoms with Crippen LogP contribution in [0.3, 0.4) is 0 Å². The van der Waals surface area contributed by atoms with E-state index in [0.717, 1.165) is 38.5 Å². The summed E-state index contributed by atoms with van der Waals surface area (Å²) in [5, 5.41) is 12.6. The van der Waals surface area contributed by atoms with Crippen molar-refractivity contribution in [2.24, 2.45) is 5.92 Å². The van der Waals surface area contributed by atoms with Gasteiger partial charge in [0.05, 0.1) is 6.10 Å². The van der Waals surface area contributed by atoms with Crippen molar-refractivity contribution in [3.05, 3.63) is 0 Å². The van der Waals surface area contributed by atoms with Gasteiger partial charge in [-0.1, -0.05) is 6.92 Å². The largest absolute Gasteiger partial charge is 0.392 e. The smallest absolute Gasteiger partial charge is 0.0679 e. The molecule has 180 valence electrons. The van der Waals surface area contributed by atoms with Crippen molar-refractivity contribution < 1.29 is 5.11 Å². The summed E-state index contributed by atoms with van der Waals surface area (Å²) in [6, 6.07) is 0. The monoisotopic (exact) mass is 426 g/mol. The molecule has 3 rings (SSSR count). The number of likely N-dealkylation sites (tertiary alicyclic amines) is 2. The number of piperazine rings is 1. The lowest BCUT2D eigenvalue weighted by atomic mass is 10.1. The molecule has 0 aromatic heterocycles. The predicted octanol–water partition coefficient (Wildman–Crippen LogP) is 3.67. The first kappa shape index (κ1) is 27.8. The van der Waals surface area contributed by atoms with Gasteiger partial charge in [-0.05, 0) is 87.6 Å². The highest BCUT2D eigenvalue weighted by molar-refractivity contribution is 4.84. The lowest BCUT2D eigenvalue weighted by Gasteiger charge is -2.38. The average Bonchev–Trinajstić information content (AvgIpc) is 3.24. The summed E-state index contributed by atoms with van der Waals surface area (Å²) in [4.78, 5) is 7.40. The molecule has 0 radical (unpaired) electrons. The van der Waals surface area contributed by atoms with E-state index in [1.54, 1.807) is 0 Å². The second-order valence-electron chi connectivity index (χ2n) is 12.5. The first-order chi connectivity index (χ1) is 13.6. The zero-order valence-electron chi connectivity index (χ0n) is 22.0. The van der Waals surface area contributed by atoms with Gasteiger partial charge in [0.1, 0.15) is 0 Å². The number of hydrogen-bond acceptors (Lipinski definition) is 5. The van der Waals surface area contributed by atoms with Gasteiger partial charge in [-0.3, -0.25) is 14.7 Å². The fraction of sp³-hybridized carbons (Fsp3) is 1.00. The Balaban J connectivity index is 0.000000225. The maximum atomic E-state index is 9.22. The zero-order chi connectivity index (χ0) is 23.2. The van der Waals surface area contributed by atoms with Gasteiger partial charge in [0.25, 0.3) is 0 Å². The Hall–Kier alpha value is -0.200. The van der Waals surface area contributed by atoms with Crippen molar-refractivity contribution in [1.29, 1.82) is 0 Å². The van der Waals surface area contributed by atoms with Crippen molar-refractivity contribution in [2.75, 3.05) is 52.4 Å². The standard InChI is InChI=1S/C9H19N.C8H18N2.C8H17NO/c1-8-5-6-10(7-8)9(2,3)4;1-8(2,3)10-6-4-9-5-7-10;1-8(2,3)9-5-4-7(10)6-9/h8H,5-7H2,1-4H3;9H,4-7H2,1-3H3;7,10H,4-6H2,1-3H3/t8-;;7-/m1.0/s1. The third-order valence-electron chi connectivity index (χ3n) is 6.55. The van der Waals surface area contributed by atoms with E-state index in [0.29, 0.717) is 11.1 Å². The summed E-state index contributed by atoms with van der Waals surface area (Å²) >= 11 is 0. The number of β-amino-alcohol motifs (C(OH)–C–C–N with tert-alkyl or cyclic N) is 1. The van der Waals surface area contributed by atoms with Crippen LogP contribution in [-0.4, -0.2) is 94.9 Å². The Morgan fingerprint density at radius 1 is 0.633 bits per heavy atom. The zero-order valence-corrected chi connectivity index (χ0v) is 22.0. The van der Waals surface area contributed by atoms with Gasteiger partial charge in [0.2, 0.25) is 0 Å². The highest BCUT2D eigenvalue weighted by Gasteiger charge is 2.29. The molecule has 0 amide bonds. The molecule has 5 heteroatoms. The van der Waals surface area contributed by atoms with Gasteiger partial charge >= 0.3 is 0 Å². The molecule has 3 aliphatic rings. The highest BCUT2D eigenvalue weighted by Crippen LogP contribution is 2.23. The molecule has 30 heavy (non-hydrogen) atoms. The van der Waals surface area contributed by atoms with Crippen LogP contribution in [0.4, 0.5) is 0 Å². The molecule has 0 aliphatic carbocycles. The summed E-state index contributed by atoms with van der Waals surface area (Å²) in [5.74, 6) is 0.916. The van der Waals surface area contributed by atoms with E-state index >= 15 is 0 Å². The van der Waals surface area contributed by atoms with Crippen LogP contribution in [0, 0.1) is 5.92 Å². The topological polar surface area (TPSA) is 42.0 Å². The number of nitrogens with one attached hydrogen (secondary N) is 1. The second kappa shape index (κ2) is 11.6. The molecule has 5 nitrogen and oxygen atoms in total. The molecule has 3 aliphatic heterocycles. The summed E-state index contributed by atoms with van der Waals surface area (Å²) in [6.45, 7) is 31.8. The van der Waals surface area contributed by atoms with Crippen LogP contribution >= 0.6 is 0 Å². The van der Waals surface area contributed by atoms with E-state index in [-0.39, 0.29) is 11.6 Å². The Bertz CT molecular complexity index is 418. The lowest BCUT2D eigenvalue weighted by Crippen LogP contribution is -2.51. The van der Waals surface area contributed by atoms with Crippen LogP contribution in [0.5, 0.6) is 0 Å². The third-order valence-corrected chi connectivity index (χ3v) is 6.55. The fourth-order valence-corrected chi connectivity index (χ4v) is 4.23. The van der Waals surface area contributed by atoms with E-state index in [1.165, 1.54) is 32.6 Å². The van der Waals surface area contributed by atoms with E-state index in [9.17, 15) is 5.11 Å². The number of hydrogen-bond donors (Lipinski definition) is 2. The molecule has 0 saturated carbocycles. The Morgan fingerprint density at radius 3 is 1.30 bits per heavy atom. The van der Waals surface area contributed by atoms with Crippen LogP contribution in [0.15, 0.2) is 0 Å². The van der Waals surface area contributed by atoms with Crippen LogP contribution in [0.2, 0.25) is 0 Å². The van der Waals surface area contributed by atoms with E-state index in [2.05, 4.69) is 89.3 Å². The molecule has 2 atom stereocenters. The van der Waals surface area contributed by atoms with Gasteiger partial charge in [-0.15, -0.1) is 0 Å². The molecular weight excluding hydrogens is 372 g/mol. The minimum Gasteiger partial charge on any atom is -0.392 e. The summed E-state index contributed by atoms with van der Waals surface area (Å²) in [6.07, 6.45) is 2.24. The van der Waals surface area contributed by atoms with Crippen molar-refractivity contribution in [1.82, 2.24) is 20.0 Å². The number of nitrogens with zero attached hydrogens (tertiary/aromatic N) is 3. The maximum Gasteiger partial charge on any atom is 0.0679 e. The minimum absolute atomic E-state index is 0.0841. The predicted molar refractivity (Wildman–Crippen MR) is 131 cm³/mol. The average molecular weight is 427 g/mol. The van der Waals surface area contributed by atoms with Crippen molar-refractivity contribution in [2.45, 2.75) is 105 Å². The molecule has 2 N–H and O–H groups in total. The molecule has 3 heterocycles. The third kappa shape index (κ3) is 10.4. The Labute approximate surface area is 188 Å². The van der Waals surface area contributed by atoms with E-state index in [4.69, 9.17) is 0 Å². The molecule has 0 aromatic rings. The first-order valence-corrected chi connectivity index (χ1v) is 12.2.